The largest absolute Gasteiger partial charge is 0.458 e. The Morgan fingerprint density at radius 3 is 2.86 bits per heavy atom. The van der Waals surface area contributed by atoms with Crippen molar-refractivity contribution in [3.63, 3.8) is 0 Å². The predicted octanol–water partition coefficient (Wildman–Crippen LogP) is -0.326. The zero-order valence-corrected chi connectivity index (χ0v) is 12.3. The molecule has 2 saturated heterocycles. The van der Waals surface area contributed by atoms with Crippen LogP contribution in [0.3, 0.4) is 0 Å². The van der Waals surface area contributed by atoms with Gasteiger partial charge in [0.1, 0.15) is 18.8 Å². The molecule has 0 aromatic rings. The molecule has 2 fully saturated rings. The van der Waals surface area contributed by atoms with Crippen molar-refractivity contribution in [2.75, 3.05) is 6.54 Å². The van der Waals surface area contributed by atoms with Crippen molar-refractivity contribution in [2.45, 2.75) is 43.7 Å². The first-order valence-electron chi connectivity index (χ1n) is 6.39. The highest BCUT2D eigenvalue weighted by atomic mass is 32.2. The zero-order chi connectivity index (χ0) is 15.6. The first-order valence-corrected chi connectivity index (χ1v) is 7.43. The third-order valence-corrected chi connectivity index (χ3v) is 4.04. The molecule has 8 nitrogen and oxygen atoms in total. The van der Waals surface area contributed by atoms with Crippen molar-refractivity contribution in [1.29, 1.82) is 0 Å². The van der Waals surface area contributed by atoms with Crippen LogP contribution in [0.4, 0.5) is 0 Å². The zero-order valence-electron chi connectivity index (χ0n) is 11.4. The van der Waals surface area contributed by atoms with E-state index in [9.17, 15) is 13.8 Å². The molecule has 1 amide bonds. The topological polar surface area (TPSA) is 111 Å². The average molecular weight is 319 g/mol. The van der Waals surface area contributed by atoms with Gasteiger partial charge in [-0.05, 0) is 13.0 Å². The molecular formula is C12H17NO7S. The van der Waals surface area contributed by atoms with Crippen LogP contribution < -0.4 is 5.32 Å². The summed E-state index contributed by atoms with van der Waals surface area (Å²) >= 11 is -2.36. The fourth-order valence-electron chi connectivity index (χ4n) is 2.67. The van der Waals surface area contributed by atoms with Crippen molar-refractivity contribution in [1.82, 2.24) is 5.32 Å². The maximum atomic E-state index is 11.6. The van der Waals surface area contributed by atoms with Gasteiger partial charge in [-0.2, -0.15) is 4.21 Å². The summed E-state index contributed by atoms with van der Waals surface area (Å²) in [6.45, 7) is 4.77. The Morgan fingerprint density at radius 1 is 1.62 bits per heavy atom. The van der Waals surface area contributed by atoms with Crippen LogP contribution in [-0.4, -0.2) is 51.1 Å². The maximum Gasteiger partial charge on any atom is 0.325 e. The summed E-state index contributed by atoms with van der Waals surface area (Å²) in [4.78, 5) is 22.6. The quantitative estimate of drug-likeness (QED) is 0.392. The highest BCUT2D eigenvalue weighted by Gasteiger charge is 2.58. The van der Waals surface area contributed by atoms with Gasteiger partial charge in [0.05, 0.1) is 11.7 Å². The van der Waals surface area contributed by atoms with Gasteiger partial charge in [0.2, 0.25) is 5.91 Å². The number of hydrogen-bond donors (Lipinski definition) is 2. The molecule has 2 N–H and O–H groups in total. The Kier molecular flexibility index (Phi) is 4.77. The van der Waals surface area contributed by atoms with E-state index < -0.39 is 41.0 Å². The van der Waals surface area contributed by atoms with Crippen LogP contribution in [-0.2, 0) is 34.6 Å². The van der Waals surface area contributed by atoms with Crippen LogP contribution in [0.5, 0.6) is 0 Å². The van der Waals surface area contributed by atoms with Gasteiger partial charge in [-0.15, -0.1) is 0 Å². The van der Waals surface area contributed by atoms with Crippen LogP contribution in [0.25, 0.3) is 0 Å². The minimum Gasteiger partial charge on any atom is -0.458 e. The molecule has 21 heavy (non-hydrogen) atoms. The summed E-state index contributed by atoms with van der Waals surface area (Å²) in [5, 5.41) is 2.32. The molecule has 2 heterocycles. The standard InChI is InChI=1S/C12H17NO7S/c1-3-10(14)13-6-11(15)18-8-5-12(2)9(20-21(16)17)4-7(8)19-12/h3,7-9H,1,4-6H2,2H3,(H,13,14)(H,16,17). The highest BCUT2D eigenvalue weighted by molar-refractivity contribution is 7.74. The summed E-state index contributed by atoms with van der Waals surface area (Å²) in [5.41, 5.74) is -0.752. The number of fused-ring (bicyclic) bond motifs is 2. The minimum absolute atomic E-state index is 0.245. The number of amides is 1. The van der Waals surface area contributed by atoms with Gasteiger partial charge in [-0.1, -0.05) is 6.58 Å². The monoisotopic (exact) mass is 319 g/mol. The summed E-state index contributed by atoms with van der Waals surface area (Å²) in [6.07, 6.45) is 0.480. The molecule has 0 aliphatic carbocycles. The van der Waals surface area contributed by atoms with Crippen LogP contribution in [0.2, 0.25) is 0 Å². The first kappa shape index (κ1) is 16.1. The maximum absolute atomic E-state index is 11.6. The van der Waals surface area contributed by atoms with Gasteiger partial charge < -0.3 is 14.8 Å². The summed E-state index contributed by atoms with van der Waals surface area (Å²) in [5.74, 6) is -1.03. The van der Waals surface area contributed by atoms with Gasteiger partial charge in [0.15, 0.2) is 0 Å². The molecule has 0 aromatic heterocycles. The van der Waals surface area contributed by atoms with E-state index in [1.807, 2.05) is 0 Å². The van der Waals surface area contributed by atoms with E-state index in [0.29, 0.717) is 12.8 Å². The fraction of sp³-hybridized carbons (Fsp3) is 0.667. The van der Waals surface area contributed by atoms with Crippen LogP contribution in [0.1, 0.15) is 19.8 Å². The van der Waals surface area contributed by atoms with Crippen molar-refractivity contribution in [3.8, 4) is 0 Å². The Bertz CT molecular complexity index is 482. The van der Waals surface area contributed by atoms with Gasteiger partial charge in [0, 0.05) is 12.8 Å². The molecule has 2 aliphatic heterocycles. The van der Waals surface area contributed by atoms with Crippen LogP contribution in [0.15, 0.2) is 12.7 Å². The molecule has 2 rings (SSSR count). The lowest BCUT2D eigenvalue weighted by Gasteiger charge is -2.29. The lowest BCUT2D eigenvalue weighted by Crippen LogP contribution is -2.43. The van der Waals surface area contributed by atoms with Gasteiger partial charge >= 0.3 is 17.3 Å². The van der Waals surface area contributed by atoms with E-state index in [1.165, 1.54) is 0 Å². The third-order valence-electron chi connectivity index (χ3n) is 3.64. The molecule has 0 saturated carbocycles. The number of hydrogen-bond acceptors (Lipinski definition) is 6. The van der Waals surface area contributed by atoms with Gasteiger partial charge in [-0.3, -0.25) is 18.3 Å². The van der Waals surface area contributed by atoms with Crippen LogP contribution in [0, 0.1) is 0 Å². The summed E-state index contributed by atoms with van der Waals surface area (Å²) in [7, 11) is 0. The molecule has 118 valence electrons. The molecule has 2 aliphatic rings. The van der Waals surface area contributed by atoms with Crippen molar-refractivity contribution in [2.24, 2.45) is 0 Å². The third kappa shape index (κ3) is 3.67. The van der Waals surface area contributed by atoms with E-state index in [4.69, 9.17) is 18.2 Å². The molecule has 5 atom stereocenters. The van der Waals surface area contributed by atoms with Crippen LogP contribution >= 0.6 is 0 Å². The first-order chi connectivity index (χ1) is 9.84. The molecule has 5 unspecified atom stereocenters. The Hall–Kier alpha value is -1.29. The number of ether oxygens (including phenoxy) is 2. The van der Waals surface area contributed by atoms with Crippen molar-refractivity contribution in [3.05, 3.63) is 12.7 Å². The summed E-state index contributed by atoms with van der Waals surface area (Å²) in [6, 6.07) is 0. The van der Waals surface area contributed by atoms with Gasteiger partial charge in [0.25, 0.3) is 0 Å². The fourth-order valence-corrected chi connectivity index (χ4v) is 3.15. The smallest absolute Gasteiger partial charge is 0.325 e. The molecule has 9 heteroatoms. The number of carbonyl (C=O) groups is 2. The molecular weight excluding hydrogens is 302 g/mol. The predicted molar refractivity (Wildman–Crippen MR) is 71.2 cm³/mol. The summed E-state index contributed by atoms with van der Waals surface area (Å²) < 4.78 is 35.3. The number of nitrogens with one attached hydrogen (secondary N) is 1. The highest BCUT2D eigenvalue weighted by Crippen LogP contribution is 2.46. The van der Waals surface area contributed by atoms with E-state index in [1.54, 1.807) is 6.92 Å². The normalized spacial score (nSPS) is 35.2. The Labute approximate surface area is 124 Å². The van der Waals surface area contributed by atoms with E-state index in [2.05, 4.69) is 11.9 Å². The minimum atomic E-state index is -2.36. The Balaban J connectivity index is 1.84. The molecule has 0 spiro atoms. The van der Waals surface area contributed by atoms with E-state index in [0.717, 1.165) is 6.08 Å². The molecule has 0 aromatic carbocycles. The second-order valence-corrected chi connectivity index (χ2v) is 5.79. The van der Waals surface area contributed by atoms with Crippen molar-refractivity contribution < 1.29 is 32.0 Å². The van der Waals surface area contributed by atoms with Gasteiger partial charge in [-0.25, -0.2) is 0 Å². The van der Waals surface area contributed by atoms with Crippen molar-refractivity contribution >= 4 is 23.2 Å². The second kappa shape index (κ2) is 6.22. The van der Waals surface area contributed by atoms with E-state index in [-0.39, 0.29) is 12.6 Å². The Morgan fingerprint density at radius 2 is 2.33 bits per heavy atom. The molecule has 0 radical (unpaired) electrons. The lowest BCUT2D eigenvalue weighted by molar-refractivity contribution is -0.151. The SMILES string of the molecule is C=CC(=O)NCC(=O)OC1CC2(C)OC1CC2OS(=O)O. The average Bonchev–Trinajstić information content (AvgIpc) is 2.87. The lowest BCUT2D eigenvalue weighted by atomic mass is 9.85. The second-order valence-electron chi connectivity index (χ2n) is 5.16. The molecule has 2 bridgehead atoms. The number of carbonyl (C=O) groups excluding carboxylic acids is 2. The van der Waals surface area contributed by atoms with E-state index >= 15 is 0 Å². The number of esters is 1. The number of rotatable bonds is 6.